The monoisotopic (exact) mass is 1190 g/mol. The number of aliphatic hydroxyl groups is 11. The van der Waals surface area contributed by atoms with Crippen molar-refractivity contribution in [2.24, 2.45) is 0 Å². The van der Waals surface area contributed by atoms with Crippen molar-refractivity contribution in [1.29, 1.82) is 0 Å². The number of amides is 1. The molecule has 3 heterocycles. The highest BCUT2D eigenvalue weighted by Crippen LogP contribution is 2.33. The maximum atomic E-state index is 13.3. The number of ether oxygens (including phenoxy) is 6. The number of hydrogen-bond donors (Lipinski definition) is 12. The molecule has 0 aromatic carbocycles. The molecule has 1 amide bonds. The first-order chi connectivity index (χ1) is 40.3. The Morgan fingerprint density at radius 1 is 0.422 bits per heavy atom. The Labute approximate surface area is 498 Å². The summed E-state index contributed by atoms with van der Waals surface area (Å²) in [5, 5.41) is 120. The fourth-order valence-electron chi connectivity index (χ4n) is 11.0. The van der Waals surface area contributed by atoms with Crippen molar-refractivity contribution in [3.05, 3.63) is 36.5 Å². The SMILES string of the molecule is CCCCC/C=C/CC/C=C/CC/C=C/C(O)C(COC1OC(CO)C(OC2OC(CO)C(OC3OC(CO)C(O)C(O)C3O)C(O)C2O)C(O)C1O)NC(=O)CCCCCCCCCCCCCCCCCCCCCCCCCCC. The van der Waals surface area contributed by atoms with Gasteiger partial charge in [0.1, 0.15) is 73.2 Å². The number of aliphatic hydroxyl groups excluding tert-OH is 11. The van der Waals surface area contributed by atoms with Crippen LogP contribution in [0, 0.1) is 0 Å². The highest BCUT2D eigenvalue weighted by atomic mass is 16.8. The molecule has 83 heavy (non-hydrogen) atoms. The summed E-state index contributed by atoms with van der Waals surface area (Å²) in [5.74, 6) is -0.287. The van der Waals surface area contributed by atoms with E-state index in [4.69, 9.17) is 28.4 Å². The van der Waals surface area contributed by atoms with Gasteiger partial charge in [0, 0.05) is 6.42 Å². The number of allylic oxidation sites excluding steroid dienone is 5. The molecule has 3 aliphatic heterocycles. The van der Waals surface area contributed by atoms with Gasteiger partial charge in [-0.1, -0.05) is 217 Å². The number of hydrogen-bond acceptors (Lipinski definition) is 18. The van der Waals surface area contributed by atoms with Gasteiger partial charge < -0.3 is 89.9 Å². The van der Waals surface area contributed by atoms with Crippen LogP contribution in [0.25, 0.3) is 0 Å². The van der Waals surface area contributed by atoms with Crippen molar-refractivity contribution >= 4 is 5.91 Å². The Hall–Kier alpha value is -1.99. The van der Waals surface area contributed by atoms with E-state index in [9.17, 15) is 61.0 Å². The van der Waals surface area contributed by atoms with Gasteiger partial charge in [-0.15, -0.1) is 0 Å². The average Bonchev–Trinajstić information content (AvgIpc) is 3.31. The van der Waals surface area contributed by atoms with E-state index in [-0.39, 0.29) is 18.9 Å². The number of carbonyl (C=O) groups excluding carboxylic acids is 1. The molecular weight excluding hydrogens is 1070 g/mol. The minimum absolute atomic E-state index is 0.236. The standard InChI is InChI=1S/C64H117NO18/c1-3-5-7-9-11-13-15-17-18-19-20-21-22-23-24-25-26-27-28-30-32-34-36-38-40-42-52(70)65-47(48(69)41-39-37-35-33-31-29-16-14-12-10-8-6-4-2)46-78-62-58(76)55(73)60(50(44-67)80-62)83-64-59(77)56(74)61(51(45-68)81-64)82-63-57(75)54(72)53(71)49(43-66)79-63/h12,14,31,33,39,41,47-51,53-64,66-69,71-77H,3-11,13,15-30,32,34-38,40,42-46H2,1-2H3,(H,65,70)/b14-12+,33-31+,41-39+. The third kappa shape index (κ3) is 30.2. The summed E-state index contributed by atoms with van der Waals surface area (Å²) in [6.45, 7) is 1.68. The third-order valence-electron chi connectivity index (χ3n) is 16.4. The van der Waals surface area contributed by atoms with Crippen LogP contribution in [-0.2, 0) is 33.2 Å². The molecule has 0 radical (unpaired) electrons. The highest BCUT2D eigenvalue weighted by Gasteiger charge is 2.53. The molecule has 3 aliphatic rings. The predicted octanol–water partition coefficient (Wildman–Crippen LogP) is 7.27. The molecule has 3 saturated heterocycles. The number of carbonyl (C=O) groups is 1. The van der Waals surface area contributed by atoms with Crippen molar-refractivity contribution in [1.82, 2.24) is 5.32 Å². The van der Waals surface area contributed by atoms with Crippen LogP contribution in [0.3, 0.4) is 0 Å². The van der Waals surface area contributed by atoms with Crippen LogP contribution in [-0.4, -0.2) is 193 Å². The van der Waals surface area contributed by atoms with Crippen LogP contribution < -0.4 is 5.32 Å². The number of nitrogens with one attached hydrogen (secondary N) is 1. The Bertz CT molecular complexity index is 1660. The lowest BCUT2D eigenvalue weighted by molar-refractivity contribution is -0.379. The maximum absolute atomic E-state index is 13.3. The van der Waals surface area contributed by atoms with Gasteiger partial charge in [-0.25, -0.2) is 0 Å². The van der Waals surface area contributed by atoms with Gasteiger partial charge in [0.2, 0.25) is 5.91 Å². The second-order valence-corrected chi connectivity index (χ2v) is 23.6. The van der Waals surface area contributed by atoms with Crippen molar-refractivity contribution in [3.8, 4) is 0 Å². The molecule has 17 atom stereocenters. The zero-order chi connectivity index (χ0) is 60.5. The Morgan fingerprint density at radius 2 is 0.771 bits per heavy atom. The average molecular weight is 1190 g/mol. The lowest BCUT2D eigenvalue weighted by Crippen LogP contribution is -2.66. The second kappa shape index (κ2) is 47.1. The molecule has 3 fully saturated rings. The molecular formula is C64H117NO18. The molecule has 17 unspecified atom stereocenters. The van der Waals surface area contributed by atoms with Gasteiger partial charge in [-0.3, -0.25) is 4.79 Å². The summed E-state index contributed by atoms with van der Waals surface area (Å²) < 4.78 is 34.2. The highest BCUT2D eigenvalue weighted by molar-refractivity contribution is 5.76. The lowest BCUT2D eigenvalue weighted by atomic mass is 9.96. The normalized spacial score (nSPS) is 29.6. The van der Waals surface area contributed by atoms with Crippen LogP contribution in [0.2, 0.25) is 0 Å². The van der Waals surface area contributed by atoms with E-state index >= 15 is 0 Å². The summed E-state index contributed by atoms with van der Waals surface area (Å²) in [7, 11) is 0. The van der Waals surface area contributed by atoms with Gasteiger partial charge in [-0.05, 0) is 44.9 Å². The topological polar surface area (TPSA) is 307 Å². The van der Waals surface area contributed by atoms with Crippen molar-refractivity contribution in [2.75, 3.05) is 26.4 Å². The smallest absolute Gasteiger partial charge is 0.220 e. The van der Waals surface area contributed by atoms with E-state index in [1.807, 2.05) is 6.08 Å². The van der Waals surface area contributed by atoms with Crippen LogP contribution >= 0.6 is 0 Å². The van der Waals surface area contributed by atoms with Gasteiger partial charge in [0.15, 0.2) is 18.9 Å². The number of rotatable bonds is 49. The minimum Gasteiger partial charge on any atom is -0.394 e. The molecule has 0 aromatic rings. The first-order valence-corrected chi connectivity index (χ1v) is 32.7. The van der Waals surface area contributed by atoms with E-state index < -0.39 is 124 Å². The van der Waals surface area contributed by atoms with Crippen molar-refractivity contribution in [2.45, 2.75) is 336 Å². The van der Waals surface area contributed by atoms with Crippen molar-refractivity contribution in [3.63, 3.8) is 0 Å². The van der Waals surface area contributed by atoms with E-state index in [1.165, 1.54) is 154 Å². The van der Waals surface area contributed by atoms with Crippen LogP contribution in [0.15, 0.2) is 36.5 Å². The summed E-state index contributed by atoms with van der Waals surface area (Å²) in [6, 6.07) is -0.993. The van der Waals surface area contributed by atoms with Gasteiger partial charge in [0.25, 0.3) is 0 Å². The zero-order valence-electron chi connectivity index (χ0n) is 50.9. The lowest BCUT2D eigenvalue weighted by Gasteiger charge is -2.48. The summed E-state index contributed by atoms with van der Waals surface area (Å²) in [6.07, 6.45) is 25.7. The minimum atomic E-state index is -1.98. The van der Waals surface area contributed by atoms with Crippen LogP contribution in [0.4, 0.5) is 0 Å². The quantitative estimate of drug-likeness (QED) is 0.0211. The molecule has 3 rings (SSSR count). The third-order valence-corrected chi connectivity index (χ3v) is 16.4. The van der Waals surface area contributed by atoms with E-state index in [1.54, 1.807) is 6.08 Å². The van der Waals surface area contributed by atoms with E-state index in [0.29, 0.717) is 12.8 Å². The maximum Gasteiger partial charge on any atom is 0.220 e. The molecule has 0 aromatic heterocycles. The fraction of sp³-hybridized carbons (Fsp3) is 0.891. The Morgan fingerprint density at radius 3 is 1.20 bits per heavy atom. The fourth-order valence-corrected chi connectivity index (χ4v) is 11.0. The van der Waals surface area contributed by atoms with E-state index in [0.717, 1.165) is 44.9 Å². The first-order valence-electron chi connectivity index (χ1n) is 32.7. The Kier molecular flexibility index (Phi) is 42.7. The summed E-state index contributed by atoms with van der Waals surface area (Å²) >= 11 is 0. The summed E-state index contributed by atoms with van der Waals surface area (Å²) in [5.41, 5.74) is 0. The number of unbranched alkanes of at least 4 members (excludes halogenated alkanes) is 29. The molecule has 486 valence electrons. The molecule has 0 saturated carbocycles. The Balaban J connectivity index is 1.43. The summed E-state index contributed by atoms with van der Waals surface area (Å²) in [4.78, 5) is 13.3. The molecule has 0 bridgehead atoms. The van der Waals surface area contributed by atoms with Crippen LogP contribution in [0.5, 0.6) is 0 Å². The first kappa shape index (κ1) is 75.3. The predicted molar refractivity (Wildman–Crippen MR) is 319 cm³/mol. The molecule has 0 aliphatic carbocycles. The molecule has 19 nitrogen and oxygen atoms in total. The largest absolute Gasteiger partial charge is 0.394 e. The zero-order valence-corrected chi connectivity index (χ0v) is 50.9. The van der Waals surface area contributed by atoms with Crippen LogP contribution in [0.1, 0.15) is 232 Å². The van der Waals surface area contributed by atoms with Gasteiger partial charge in [0.05, 0.1) is 38.6 Å². The van der Waals surface area contributed by atoms with E-state index in [2.05, 4.69) is 43.5 Å². The molecule has 0 spiro atoms. The molecule has 19 heteroatoms. The second-order valence-electron chi connectivity index (χ2n) is 23.6. The van der Waals surface area contributed by atoms with Gasteiger partial charge in [-0.2, -0.15) is 0 Å². The van der Waals surface area contributed by atoms with Gasteiger partial charge >= 0.3 is 0 Å². The molecule has 12 N–H and O–H groups in total. The van der Waals surface area contributed by atoms with Crippen molar-refractivity contribution < 1.29 is 89.4 Å².